The van der Waals surface area contributed by atoms with E-state index in [0.717, 1.165) is 33.5 Å². The molecule has 34 heavy (non-hydrogen) atoms. The molecule has 2 unspecified atom stereocenters. The van der Waals surface area contributed by atoms with Gasteiger partial charge in [-0.3, -0.25) is 14.6 Å². The molecule has 7 nitrogen and oxygen atoms in total. The van der Waals surface area contributed by atoms with E-state index in [4.69, 9.17) is 11.2 Å². The fraction of sp³-hybridized carbons (Fsp3) is 0.333. The number of hydrogen-bond acceptors (Lipinski definition) is 4. The van der Waals surface area contributed by atoms with Crippen molar-refractivity contribution in [3.05, 3.63) is 65.4 Å². The number of imide groups is 1. The van der Waals surface area contributed by atoms with Gasteiger partial charge in [0.1, 0.15) is 17.3 Å². The van der Waals surface area contributed by atoms with E-state index >= 15 is 0 Å². The Balaban J connectivity index is 1.63. The molecule has 3 aromatic rings. The molecule has 0 aliphatic carbocycles. The number of urea groups is 1. The minimum absolute atomic E-state index is 0.179. The van der Waals surface area contributed by atoms with Gasteiger partial charge in [0.2, 0.25) is 0 Å². The molecule has 2 aromatic carbocycles. The van der Waals surface area contributed by atoms with Crippen LogP contribution in [0.2, 0.25) is 0 Å². The van der Waals surface area contributed by atoms with Gasteiger partial charge in [0.15, 0.2) is 0 Å². The van der Waals surface area contributed by atoms with Crippen molar-refractivity contribution in [3.8, 4) is 18.1 Å². The Bertz CT molecular complexity index is 1290. The Morgan fingerprint density at radius 3 is 2.76 bits per heavy atom. The smallest absolute Gasteiger partial charge is 0.328 e. The maximum atomic E-state index is 13.7. The second kappa shape index (κ2) is 8.54. The highest BCUT2D eigenvalue weighted by Gasteiger charge is 2.59. The minimum Gasteiger partial charge on any atom is -0.494 e. The second-order valence-electron chi connectivity index (χ2n) is 8.91. The molecular formula is C27H28N4O3. The molecule has 2 aliphatic heterocycles. The summed E-state index contributed by atoms with van der Waals surface area (Å²) in [4.78, 5) is 34.1. The molecule has 7 heteroatoms. The van der Waals surface area contributed by atoms with E-state index in [1.54, 1.807) is 4.90 Å². The topological polar surface area (TPSA) is 77.7 Å². The van der Waals surface area contributed by atoms with E-state index in [9.17, 15) is 9.59 Å². The van der Waals surface area contributed by atoms with Crippen LogP contribution in [0.5, 0.6) is 5.75 Å². The molecule has 0 bridgehead atoms. The first-order valence-corrected chi connectivity index (χ1v) is 11.6. The van der Waals surface area contributed by atoms with E-state index in [0.29, 0.717) is 26.1 Å². The van der Waals surface area contributed by atoms with Crippen LogP contribution in [-0.2, 0) is 11.2 Å². The maximum Gasteiger partial charge on any atom is 0.328 e. The zero-order valence-electron chi connectivity index (χ0n) is 19.4. The second-order valence-corrected chi connectivity index (χ2v) is 8.91. The monoisotopic (exact) mass is 456 g/mol. The van der Waals surface area contributed by atoms with Crippen molar-refractivity contribution in [2.45, 2.75) is 31.8 Å². The number of carbonyl (C=O) groups is 2. The van der Waals surface area contributed by atoms with Crippen molar-refractivity contribution in [2.75, 3.05) is 26.2 Å². The fourth-order valence-electron chi connectivity index (χ4n) is 5.28. The first-order chi connectivity index (χ1) is 16.5. The van der Waals surface area contributed by atoms with Crippen LogP contribution < -0.4 is 10.1 Å². The van der Waals surface area contributed by atoms with Crippen LogP contribution in [0.25, 0.3) is 10.9 Å². The minimum atomic E-state index is -0.993. The number of benzene rings is 2. The lowest BCUT2D eigenvalue weighted by molar-refractivity contribution is -0.133. The lowest BCUT2D eigenvalue weighted by Gasteiger charge is -2.42. The van der Waals surface area contributed by atoms with Crippen LogP contribution in [0.4, 0.5) is 4.79 Å². The SMILES string of the molecule is C#CCNCCN1C(=O)N2C(c3ccccc3)c3[nH]c4ccc(OCC)cc4c3CC2(C)C1=O. The first kappa shape index (κ1) is 22.1. The van der Waals surface area contributed by atoms with Crippen LogP contribution >= 0.6 is 0 Å². The average Bonchev–Trinajstić information content (AvgIpc) is 3.28. The number of aromatic nitrogens is 1. The van der Waals surface area contributed by atoms with Crippen molar-refractivity contribution in [1.29, 1.82) is 0 Å². The number of nitrogens with one attached hydrogen (secondary N) is 2. The number of aromatic amines is 1. The lowest BCUT2D eigenvalue weighted by atomic mass is 9.81. The van der Waals surface area contributed by atoms with Crippen molar-refractivity contribution < 1.29 is 14.3 Å². The van der Waals surface area contributed by atoms with Gasteiger partial charge >= 0.3 is 6.03 Å². The van der Waals surface area contributed by atoms with Gasteiger partial charge in [0.05, 0.1) is 13.2 Å². The highest BCUT2D eigenvalue weighted by molar-refractivity contribution is 6.08. The number of rotatable bonds is 7. The molecule has 3 heterocycles. The summed E-state index contributed by atoms with van der Waals surface area (Å²) in [6.07, 6.45) is 5.74. The summed E-state index contributed by atoms with van der Waals surface area (Å²) in [6.45, 7) is 5.53. The molecule has 2 atom stereocenters. The van der Waals surface area contributed by atoms with Crippen molar-refractivity contribution >= 4 is 22.8 Å². The van der Waals surface area contributed by atoms with E-state index in [-0.39, 0.29) is 18.5 Å². The predicted octanol–water partition coefficient (Wildman–Crippen LogP) is 3.46. The first-order valence-electron chi connectivity index (χ1n) is 11.6. The summed E-state index contributed by atoms with van der Waals surface area (Å²) in [6, 6.07) is 15.2. The third-order valence-electron chi connectivity index (χ3n) is 6.80. The molecule has 3 amide bonds. The standard InChI is InChI=1S/C27H28N4O3/c1-4-13-28-14-15-30-25(32)27(3)17-21-20-16-19(34-5-2)11-12-22(20)29-23(21)24(31(27)26(30)33)18-9-7-6-8-10-18/h1,6-12,16,24,28-29H,5,13-15,17H2,2-3H3. The maximum absolute atomic E-state index is 13.7. The molecular weight excluding hydrogens is 428 g/mol. The van der Waals surface area contributed by atoms with E-state index in [2.05, 4.69) is 16.2 Å². The number of ether oxygens (including phenoxy) is 1. The summed E-state index contributed by atoms with van der Waals surface area (Å²) in [5, 5.41) is 4.10. The zero-order chi connectivity index (χ0) is 23.9. The zero-order valence-corrected chi connectivity index (χ0v) is 19.4. The molecule has 1 fully saturated rings. The van der Waals surface area contributed by atoms with Crippen molar-refractivity contribution in [3.63, 3.8) is 0 Å². The van der Waals surface area contributed by atoms with Gasteiger partial charge in [-0.2, -0.15) is 0 Å². The van der Waals surface area contributed by atoms with Gasteiger partial charge in [-0.1, -0.05) is 36.3 Å². The number of terminal acetylenes is 1. The van der Waals surface area contributed by atoms with Gasteiger partial charge in [0, 0.05) is 36.1 Å². The van der Waals surface area contributed by atoms with Crippen LogP contribution in [0.1, 0.15) is 36.7 Å². The van der Waals surface area contributed by atoms with Gasteiger partial charge in [-0.25, -0.2) is 4.79 Å². The van der Waals surface area contributed by atoms with Crippen LogP contribution in [0.15, 0.2) is 48.5 Å². The van der Waals surface area contributed by atoms with Gasteiger partial charge in [0.25, 0.3) is 5.91 Å². The molecule has 0 radical (unpaired) electrons. The van der Waals surface area contributed by atoms with Gasteiger partial charge in [-0.15, -0.1) is 6.42 Å². The number of fused-ring (bicyclic) bond motifs is 4. The third kappa shape index (κ3) is 3.34. The van der Waals surface area contributed by atoms with Crippen LogP contribution in [-0.4, -0.2) is 58.5 Å². The Hall–Kier alpha value is -3.76. The normalized spacial score (nSPS) is 21.5. The molecule has 5 rings (SSSR count). The molecule has 2 N–H and O–H groups in total. The highest BCUT2D eigenvalue weighted by Crippen LogP contribution is 2.48. The molecule has 1 saturated heterocycles. The summed E-state index contributed by atoms with van der Waals surface area (Å²) in [5.41, 5.74) is 2.93. The molecule has 174 valence electrons. The Labute approximate surface area is 199 Å². The Morgan fingerprint density at radius 2 is 2.03 bits per heavy atom. The fourth-order valence-corrected chi connectivity index (χ4v) is 5.28. The number of carbonyl (C=O) groups excluding carboxylic acids is 2. The molecule has 0 saturated carbocycles. The number of hydrogen-bond donors (Lipinski definition) is 2. The molecule has 1 aromatic heterocycles. The number of amides is 3. The molecule has 0 spiro atoms. The van der Waals surface area contributed by atoms with Crippen LogP contribution in [0, 0.1) is 12.3 Å². The van der Waals surface area contributed by atoms with Crippen molar-refractivity contribution in [2.24, 2.45) is 0 Å². The van der Waals surface area contributed by atoms with E-state index < -0.39 is 11.6 Å². The summed E-state index contributed by atoms with van der Waals surface area (Å²) < 4.78 is 5.74. The lowest BCUT2D eigenvalue weighted by Crippen LogP contribution is -2.53. The predicted molar refractivity (Wildman–Crippen MR) is 131 cm³/mol. The Morgan fingerprint density at radius 1 is 1.24 bits per heavy atom. The highest BCUT2D eigenvalue weighted by atomic mass is 16.5. The third-order valence-corrected chi connectivity index (χ3v) is 6.80. The van der Waals surface area contributed by atoms with E-state index in [1.807, 2.05) is 62.4 Å². The summed E-state index contributed by atoms with van der Waals surface area (Å²) in [7, 11) is 0. The average molecular weight is 457 g/mol. The molecule has 2 aliphatic rings. The number of nitrogens with zero attached hydrogens (tertiary/aromatic N) is 2. The van der Waals surface area contributed by atoms with Gasteiger partial charge in [-0.05, 0) is 43.2 Å². The van der Waals surface area contributed by atoms with Gasteiger partial charge < -0.3 is 15.0 Å². The number of H-pyrrole nitrogens is 1. The Kier molecular flexibility index (Phi) is 5.54. The van der Waals surface area contributed by atoms with E-state index in [1.165, 1.54) is 4.90 Å². The quantitative estimate of drug-likeness (QED) is 0.324. The van der Waals surface area contributed by atoms with Crippen LogP contribution in [0.3, 0.4) is 0 Å². The van der Waals surface area contributed by atoms with Crippen molar-refractivity contribution in [1.82, 2.24) is 20.1 Å². The largest absolute Gasteiger partial charge is 0.494 e. The summed E-state index contributed by atoms with van der Waals surface area (Å²) in [5.74, 6) is 3.12. The summed E-state index contributed by atoms with van der Waals surface area (Å²) >= 11 is 0.